The highest BCUT2D eigenvalue weighted by molar-refractivity contribution is 8.38. The van der Waals surface area contributed by atoms with Gasteiger partial charge in [0.2, 0.25) is 0 Å². The first-order valence-corrected chi connectivity index (χ1v) is 10.3. The summed E-state index contributed by atoms with van der Waals surface area (Å²) < 4.78 is -0.576. The summed E-state index contributed by atoms with van der Waals surface area (Å²) in [7, 11) is 0. The van der Waals surface area contributed by atoms with Crippen molar-refractivity contribution in [2.45, 2.75) is 13.4 Å². The fourth-order valence-electron chi connectivity index (χ4n) is 2.31. The molecule has 4 rings (SSSR count). The molecule has 0 amide bonds. The van der Waals surface area contributed by atoms with Crippen LogP contribution in [-0.4, -0.2) is 8.64 Å². The van der Waals surface area contributed by atoms with E-state index in [0.29, 0.717) is 0 Å². The molecule has 0 unspecified atom stereocenters. The van der Waals surface area contributed by atoms with Crippen molar-refractivity contribution < 1.29 is 4.84 Å². The smallest absolute Gasteiger partial charge is 0.290 e. The molecule has 0 bridgehead atoms. The highest BCUT2D eigenvalue weighted by Gasteiger charge is 2.43. The summed E-state index contributed by atoms with van der Waals surface area (Å²) in [6, 6.07) is 30.8. The third-order valence-electron chi connectivity index (χ3n) is 3.45. The van der Waals surface area contributed by atoms with E-state index in [1.807, 2.05) is 54.6 Å². The molecule has 0 saturated carbocycles. The van der Waals surface area contributed by atoms with Gasteiger partial charge in [0.25, 0.3) is 3.60 Å². The molecule has 2 nitrogen and oxygen atoms in total. The molecule has 0 N–H and O–H groups in total. The Morgan fingerprint density at radius 1 is 0.680 bits per heavy atom. The normalized spacial score (nSPS) is 15.4. The van der Waals surface area contributed by atoms with Gasteiger partial charge in [-0.1, -0.05) is 95.4 Å². The minimum absolute atomic E-state index is 0.576. The lowest BCUT2D eigenvalue weighted by Gasteiger charge is -2.24. The maximum absolute atomic E-state index is 5.99. The molecule has 1 aliphatic heterocycles. The standard InChI is InChI=1S/C20H15NOS3/c1-4-10-16(11-5-1)19-21-22-20(25-19,23-17-12-6-2-7-13-17)24-18-14-8-3-9-15-18/h1-15H. The zero-order valence-corrected chi connectivity index (χ0v) is 15.7. The monoisotopic (exact) mass is 381 g/mol. The summed E-state index contributed by atoms with van der Waals surface area (Å²) in [4.78, 5) is 8.30. The number of benzene rings is 3. The predicted octanol–water partition coefficient (Wildman–Crippen LogP) is 6.31. The van der Waals surface area contributed by atoms with Gasteiger partial charge in [0.1, 0.15) is 5.04 Å². The van der Waals surface area contributed by atoms with E-state index < -0.39 is 3.60 Å². The van der Waals surface area contributed by atoms with Gasteiger partial charge < -0.3 is 4.84 Å². The Labute approximate surface area is 160 Å². The van der Waals surface area contributed by atoms with Gasteiger partial charge in [-0.25, -0.2) is 0 Å². The van der Waals surface area contributed by atoms with Crippen molar-refractivity contribution in [3.05, 3.63) is 96.6 Å². The van der Waals surface area contributed by atoms with Crippen LogP contribution < -0.4 is 0 Å². The lowest BCUT2D eigenvalue weighted by atomic mass is 10.2. The molecule has 0 aromatic heterocycles. The second kappa shape index (κ2) is 7.60. The molecule has 0 saturated heterocycles. The molecule has 0 radical (unpaired) electrons. The molecule has 5 heteroatoms. The zero-order chi connectivity index (χ0) is 17.0. The topological polar surface area (TPSA) is 21.6 Å². The minimum atomic E-state index is -0.576. The third-order valence-corrected chi connectivity index (χ3v) is 7.45. The van der Waals surface area contributed by atoms with Crippen LogP contribution in [0.25, 0.3) is 0 Å². The average molecular weight is 382 g/mol. The van der Waals surface area contributed by atoms with E-state index in [-0.39, 0.29) is 0 Å². The van der Waals surface area contributed by atoms with E-state index in [2.05, 4.69) is 41.6 Å². The molecule has 124 valence electrons. The molecule has 1 aliphatic rings. The summed E-state index contributed by atoms with van der Waals surface area (Å²) in [6.07, 6.45) is 0. The molecule has 25 heavy (non-hydrogen) atoms. The van der Waals surface area contributed by atoms with Crippen molar-refractivity contribution in [2.24, 2.45) is 5.16 Å². The number of nitrogens with zero attached hydrogens (tertiary/aromatic N) is 1. The van der Waals surface area contributed by atoms with Gasteiger partial charge in [-0.3, -0.25) is 0 Å². The average Bonchev–Trinajstić information content (AvgIpc) is 3.08. The van der Waals surface area contributed by atoms with Gasteiger partial charge in [-0.05, 0) is 36.0 Å². The van der Waals surface area contributed by atoms with Gasteiger partial charge in [-0.15, -0.1) is 0 Å². The molecule has 3 aromatic rings. The summed E-state index contributed by atoms with van der Waals surface area (Å²) in [6.45, 7) is 0. The van der Waals surface area contributed by atoms with E-state index in [0.717, 1.165) is 20.4 Å². The van der Waals surface area contributed by atoms with Gasteiger partial charge >= 0.3 is 0 Å². The fraction of sp³-hybridized carbons (Fsp3) is 0.0500. The summed E-state index contributed by atoms with van der Waals surface area (Å²) >= 11 is 5.02. The first-order valence-electron chi connectivity index (χ1n) is 7.82. The van der Waals surface area contributed by atoms with Crippen LogP contribution in [0.5, 0.6) is 0 Å². The molecule has 0 fully saturated rings. The van der Waals surface area contributed by atoms with E-state index in [4.69, 9.17) is 4.84 Å². The Bertz CT molecular complexity index is 812. The van der Waals surface area contributed by atoms with E-state index in [1.165, 1.54) is 0 Å². The van der Waals surface area contributed by atoms with Crippen LogP contribution in [0.15, 0.2) is 106 Å². The summed E-state index contributed by atoms with van der Waals surface area (Å²) in [5.74, 6) is 0. The van der Waals surface area contributed by atoms with E-state index >= 15 is 0 Å². The number of thioether (sulfide) groups is 3. The molecule has 3 aromatic carbocycles. The van der Waals surface area contributed by atoms with E-state index in [1.54, 1.807) is 35.3 Å². The number of rotatable bonds is 5. The van der Waals surface area contributed by atoms with Gasteiger partial charge in [-0.2, -0.15) is 0 Å². The minimum Gasteiger partial charge on any atom is -0.353 e. The second-order valence-electron chi connectivity index (χ2n) is 5.29. The largest absolute Gasteiger partial charge is 0.353 e. The zero-order valence-electron chi connectivity index (χ0n) is 13.2. The molecule has 0 aliphatic carbocycles. The van der Waals surface area contributed by atoms with Gasteiger partial charge in [0, 0.05) is 15.4 Å². The van der Waals surface area contributed by atoms with Crippen LogP contribution in [0.3, 0.4) is 0 Å². The highest BCUT2D eigenvalue weighted by atomic mass is 32.3. The number of hydrogen-bond acceptors (Lipinski definition) is 5. The first-order chi connectivity index (χ1) is 12.3. The Morgan fingerprint density at radius 2 is 1.16 bits per heavy atom. The van der Waals surface area contributed by atoms with E-state index in [9.17, 15) is 0 Å². The maximum atomic E-state index is 5.99. The van der Waals surface area contributed by atoms with Gasteiger partial charge in [0.15, 0.2) is 0 Å². The van der Waals surface area contributed by atoms with Gasteiger partial charge in [0.05, 0.1) is 0 Å². The first kappa shape index (κ1) is 16.6. The van der Waals surface area contributed by atoms with Crippen LogP contribution >= 0.6 is 35.3 Å². The lowest BCUT2D eigenvalue weighted by molar-refractivity contribution is 0.163. The van der Waals surface area contributed by atoms with Crippen LogP contribution in [0.1, 0.15) is 5.56 Å². The van der Waals surface area contributed by atoms with Crippen molar-refractivity contribution in [1.29, 1.82) is 0 Å². The lowest BCUT2D eigenvalue weighted by Crippen LogP contribution is -2.14. The SMILES string of the molecule is c1ccc(SC2(Sc3ccccc3)ON=C(c3ccccc3)S2)cc1. The van der Waals surface area contributed by atoms with Crippen molar-refractivity contribution in [1.82, 2.24) is 0 Å². The van der Waals surface area contributed by atoms with Crippen molar-refractivity contribution in [3.8, 4) is 0 Å². The van der Waals surface area contributed by atoms with Crippen LogP contribution in [0, 0.1) is 0 Å². The predicted molar refractivity (Wildman–Crippen MR) is 109 cm³/mol. The summed E-state index contributed by atoms with van der Waals surface area (Å²) in [5, 5.41) is 5.30. The third kappa shape index (κ3) is 4.06. The quantitative estimate of drug-likeness (QED) is 0.483. The molecule has 1 heterocycles. The Balaban J connectivity index is 1.61. The summed E-state index contributed by atoms with van der Waals surface area (Å²) in [5.41, 5.74) is 1.08. The Hall–Kier alpha value is -1.82. The Kier molecular flexibility index (Phi) is 5.06. The maximum Gasteiger partial charge on any atom is 0.290 e. The fourth-order valence-corrected chi connectivity index (χ4v) is 6.39. The second-order valence-corrected chi connectivity index (χ2v) is 9.73. The number of hydrogen-bond donors (Lipinski definition) is 0. The van der Waals surface area contributed by atoms with Crippen molar-refractivity contribution >= 4 is 40.3 Å². The molecule has 0 spiro atoms. The molecular formula is C20H15NOS3. The highest BCUT2D eigenvalue weighted by Crippen LogP contribution is 2.57. The van der Waals surface area contributed by atoms with Crippen LogP contribution in [0.4, 0.5) is 0 Å². The van der Waals surface area contributed by atoms with Crippen LogP contribution in [-0.2, 0) is 4.84 Å². The van der Waals surface area contributed by atoms with Crippen molar-refractivity contribution in [2.75, 3.05) is 0 Å². The van der Waals surface area contributed by atoms with Crippen LogP contribution in [0.2, 0.25) is 0 Å². The van der Waals surface area contributed by atoms with Crippen molar-refractivity contribution in [3.63, 3.8) is 0 Å². The Morgan fingerprint density at radius 3 is 1.68 bits per heavy atom. The molecule has 0 atom stereocenters. The molecular weight excluding hydrogens is 366 g/mol. The number of oxime groups is 1.